The molecular weight excluding hydrogens is 264 g/mol. The van der Waals surface area contributed by atoms with E-state index in [9.17, 15) is 19.5 Å². The fourth-order valence-electron chi connectivity index (χ4n) is 1.34. The minimum atomic E-state index is -1.16. The standard InChI is InChI=1S/C13H16N2O5/c1-3-14-13(19)15-11(17)8(2)20-12(18)9-6-4-5-7-10(9)16/h4-8,16H,3H2,1-2H3,(H2,14,15,17,19). The normalized spacial score (nSPS) is 11.3. The number of hydrogen-bond acceptors (Lipinski definition) is 5. The third-order valence-corrected chi connectivity index (χ3v) is 2.35. The lowest BCUT2D eigenvalue weighted by Crippen LogP contribution is -2.44. The number of hydrogen-bond donors (Lipinski definition) is 3. The van der Waals surface area contributed by atoms with E-state index in [0.29, 0.717) is 6.54 Å². The van der Waals surface area contributed by atoms with Gasteiger partial charge in [0.2, 0.25) is 0 Å². The van der Waals surface area contributed by atoms with Gasteiger partial charge in [-0.1, -0.05) is 12.1 Å². The third-order valence-electron chi connectivity index (χ3n) is 2.35. The Balaban J connectivity index is 2.60. The number of amides is 3. The molecule has 0 saturated heterocycles. The second-order valence-electron chi connectivity index (χ2n) is 3.91. The molecular formula is C13H16N2O5. The van der Waals surface area contributed by atoms with E-state index in [1.165, 1.54) is 19.1 Å². The molecule has 0 aromatic heterocycles. The monoisotopic (exact) mass is 280 g/mol. The highest BCUT2D eigenvalue weighted by atomic mass is 16.5. The van der Waals surface area contributed by atoms with Crippen LogP contribution in [0, 0.1) is 0 Å². The summed E-state index contributed by atoms with van der Waals surface area (Å²) in [6.45, 7) is 3.39. The van der Waals surface area contributed by atoms with Gasteiger partial charge in [-0.15, -0.1) is 0 Å². The van der Waals surface area contributed by atoms with Crippen molar-refractivity contribution in [1.82, 2.24) is 10.6 Å². The van der Waals surface area contributed by atoms with Gasteiger partial charge < -0.3 is 15.2 Å². The summed E-state index contributed by atoms with van der Waals surface area (Å²) in [5, 5.41) is 13.9. The van der Waals surface area contributed by atoms with Gasteiger partial charge in [0.25, 0.3) is 5.91 Å². The highest BCUT2D eigenvalue weighted by Crippen LogP contribution is 2.17. The van der Waals surface area contributed by atoms with Crippen molar-refractivity contribution in [2.24, 2.45) is 0 Å². The number of urea groups is 1. The molecule has 1 aromatic carbocycles. The van der Waals surface area contributed by atoms with Crippen molar-refractivity contribution in [2.45, 2.75) is 20.0 Å². The van der Waals surface area contributed by atoms with Gasteiger partial charge in [-0.25, -0.2) is 9.59 Å². The lowest BCUT2D eigenvalue weighted by molar-refractivity contribution is -0.127. The van der Waals surface area contributed by atoms with Crippen molar-refractivity contribution in [3.8, 4) is 5.75 Å². The largest absolute Gasteiger partial charge is 0.507 e. The van der Waals surface area contributed by atoms with Crippen LogP contribution in [0.1, 0.15) is 24.2 Å². The Hall–Kier alpha value is -2.57. The topological polar surface area (TPSA) is 105 Å². The Labute approximate surface area is 115 Å². The molecule has 0 saturated carbocycles. The molecule has 108 valence electrons. The molecule has 1 atom stereocenters. The quantitative estimate of drug-likeness (QED) is 0.707. The van der Waals surface area contributed by atoms with Crippen molar-refractivity contribution >= 4 is 17.9 Å². The fraction of sp³-hybridized carbons (Fsp3) is 0.308. The fourth-order valence-corrected chi connectivity index (χ4v) is 1.34. The van der Waals surface area contributed by atoms with Crippen LogP contribution in [0.3, 0.4) is 0 Å². The van der Waals surface area contributed by atoms with Crippen LogP contribution in [0.15, 0.2) is 24.3 Å². The molecule has 0 spiro atoms. The number of aromatic hydroxyl groups is 1. The number of benzene rings is 1. The number of ether oxygens (including phenoxy) is 1. The summed E-state index contributed by atoms with van der Waals surface area (Å²) in [5.41, 5.74) is -0.0508. The molecule has 3 N–H and O–H groups in total. The zero-order valence-electron chi connectivity index (χ0n) is 11.2. The maximum Gasteiger partial charge on any atom is 0.342 e. The number of nitrogens with one attached hydrogen (secondary N) is 2. The van der Waals surface area contributed by atoms with Gasteiger partial charge in [-0.05, 0) is 26.0 Å². The molecule has 1 rings (SSSR count). The number of phenols is 1. The minimum absolute atomic E-state index is 0.0508. The van der Waals surface area contributed by atoms with Crippen LogP contribution in [0.25, 0.3) is 0 Å². The average Bonchev–Trinajstić information content (AvgIpc) is 2.39. The maximum absolute atomic E-state index is 11.7. The van der Waals surface area contributed by atoms with Gasteiger partial charge in [0, 0.05) is 6.54 Å². The van der Waals surface area contributed by atoms with E-state index in [-0.39, 0.29) is 11.3 Å². The van der Waals surface area contributed by atoms with Crippen molar-refractivity contribution in [3.63, 3.8) is 0 Å². The van der Waals surface area contributed by atoms with E-state index in [2.05, 4.69) is 5.32 Å². The second-order valence-corrected chi connectivity index (χ2v) is 3.91. The van der Waals surface area contributed by atoms with Gasteiger partial charge in [0.1, 0.15) is 11.3 Å². The summed E-state index contributed by atoms with van der Waals surface area (Å²) in [5.74, 6) is -1.84. The van der Waals surface area contributed by atoms with Gasteiger partial charge in [0.15, 0.2) is 6.10 Å². The first-order valence-electron chi connectivity index (χ1n) is 6.03. The van der Waals surface area contributed by atoms with E-state index in [4.69, 9.17) is 4.74 Å². The van der Waals surface area contributed by atoms with Crippen molar-refractivity contribution in [2.75, 3.05) is 6.54 Å². The minimum Gasteiger partial charge on any atom is -0.507 e. The van der Waals surface area contributed by atoms with Gasteiger partial charge in [0.05, 0.1) is 0 Å². The van der Waals surface area contributed by atoms with Crippen LogP contribution in [-0.2, 0) is 9.53 Å². The molecule has 7 nitrogen and oxygen atoms in total. The van der Waals surface area contributed by atoms with Gasteiger partial charge >= 0.3 is 12.0 Å². The first-order chi connectivity index (χ1) is 9.45. The number of rotatable bonds is 4. The molecule has 3 amide bonds. The number of carbonyl (C=O) groups is 3. The van der Waals surface area contributed by atoms with Crippen molar-refractivity contribution < 1.29 is 24.2 Å². The molecule has 0 radical (unpaired) electrons. The number of imide groups is 1. The summed E-state index contributed by atoms with van der Waals surface area (Å²) in [6.07, 6.45) is -1.16. The predicted octanol–water partition coefficient (Wildman–Crippen LogP) is 0.783. The van der Waals surface area contributed by atoms with E-state index in [0.717, 1.165) is 0 Å². The first-order valence-corrected chi connectivity index (χ1v) is 6.03. The van der Waals surface area contributed by atoms with Crippen LogP contribution in [0.5, 0.6) is 5.75 Å². The number of phenolic OH excluding ortho intramolecular Hbond substituents is 1. The molecule has 0 aliphatic heterocycles. The Morgan fingerprint density at radius 2 is 1.95 bits per heavy atom. The zero-order chi connectivity index (χ0) is 15.1. The average molecular weight is 280 g/mol. The first kappa shape index (κ1) is 15.5. The molecule has 0 bridgehead atoms. The van der Waals surface area contributed by atoms with Crippen molar-refractivity contribution in [1.29, 1.82) is 0 Å². The van der Waals surface area contributed by atoms with Crippen molar-refractivity contribution in [3.05, 3.63) is 29.8 Å². The van der Waals surface area contributed by atoms with Crippen LogP contribution in [0.2, 0.25) is 0 Å². The Morgan fingerprint density at radius 3 is 2.55 bits per heavy atom. The zero-order valence-corrected chi connectivity index (χ0v) is 11.2. The van der Waals surface area contributed by atoms with E-state index in [1.807, 2.05) is 5.32 Å². The maximum atomic E-state index is 11.7. The Bertz CT molecular complexity index is 515. The lowest BCUT2D eigenvalue weighted by atomic mass is 10.2. The van der Waals surface area contributed by atoms with Gasteiger partial charge in [-0.2, -0.15) is 0 Å². The van der Waals surface area contributed by atoms with E-state index in [1.54, 1.807) is 19.1 Å². The highest BCUT2D eigenvalue weighted by molar-refractivity contribution is 5.99. The molecule has 7 heteroatoms. The third kappa shape index (κ3) is 4.27. The lowest BCUT2D eigenvalue weighted by Gasteiger charge is -2.13. The van der Waals surface area contributed by atoms with E-state index >= 15 is 0 Å². The van der Waals surface area contributed by atoms with Crippen LogP contribution >= 0.6 is 0 Å². The summed E-state index contributed by atoms with van der Waals surface area (Å²) >= 11 is 0. The Kier molecular flexibility index (Phi) is 5.52. The molecule has 0 aliphatic carbocycles. The SMILES string of the molecule is CCNC(=O)NC(=O)C(C)OC(=O)c1ccccc1O. The molecule has 0 fully saturated rings. The second kappa shape index (κ2) is 7.13. The highest BCUT2D eigenvalue weighted by Gasteiger charge is 2.21. The molecule has 0 aliphatic rings. The molecule has 1 unspecified atom stereocenters. The summed E-state index contributed by atoms with van der Waals surface area (Å²) in [6, 6.07) is 5.14. The number of para-hydroxylation sites is 1. The summed E-state index contributed by atoms with van der Waals surface area (Å²) < 4.78 is 4.87. The van der Waals surface area contributed by atoms with Crippen LogP contribution in [-0.4, -0.2) is 35.7 Å². The summed E-state index contributed by atoms with van der Waals surface area (Å²) in [4.78, 5) is 34.4. The predicted molar refractivity (Wildman–Crippen MR) is 70.2 cm³/mol. The Morgan fingerprint density at radius 1 is 1.30 bits per heavy atom. The number of esters is 1. The molecule has 20 heavy (non-hydrogen) atoms. The van der Waals surface area contributed by atoms with Gasteiger partial charge in [-0.3, -0.25) is 10.1 Å². The molecule has 1 aromatic rings. The summed E-state index contributed by atoms with van der Waals surface area (Å²) in [7, 11) is 0. The van der Waals surface area contributed by atoms with E-state index < -0.39 is 24.0 Å². The van der Waals surface area contributed by atoms with Crippen LogP contribution < -0.4 is 10.6 Å². The molecule has 0 heterocycles. The van der Waals surface area contributed by atoms with Crippen LogP contribution in [0.4, 0.5) is 4.79 Å². The smallest absolute Gasteiger partial charge is 0.342 e. The number of carbonyl (C=O) groups excluding carboxylic acids is 3.